The molecule has 0 saturated carbocycles. The molecular weight excluding hydrogens is 245 g/mol. The molecule has 1 aromatic rings. The lowest BCUT2D eigenvalue weighted by molar-refractivity contribution is 0.162. The third-order valence-electron chi connectivity index (χ3n) is 2.72. The van der Waals surface area contributed by atoms with Gasteiger partial charge in [-0.3, -0.25) is 0 Å². The largest absolute Gasteiger partial charge is 0.392 e. The Kier molecular flexibility index (Phi) is 5.56. The summed E-state index contributed by atoms with van der Waals surface area (Å²) in [5, 5.41) is 10.9. The standard InChI is InChI=1S/C12H17Cl2NO/c1-2-8(5-10(16)7-15)11-6-9(13)3-4-12(11)14/h3-4,6,8,10,16H,2,5,7,15H2,1H3. The Morgan fingerprint density at radius 2 is 2.06 bits per heavy atom. The van der Waals surface area contributed by atoms with Crippen molar-refractivity contribution < 1.29 is 5.11 Å². The smallest absolute Gasteiger partial charge is 0.0668 e. The van der Waals surface area contributed by atoms with E-state index in [2.05, 4.69) is 6.92 Å². The quantitative estimate of drug-likeness (QED) is 0.855. The number of halogens is 2. The lowest BCUT2D eigenvalue weighted by Crippen LogP contribution is -2.22. The van der Waals surface area contributed by atoms with Crippen LogP contribution in [0.15, 0.2) is 18.2 Å². The topological polar surface area (TPSA) is 46.2 Å². The van der Waals surface area contributed by atoms with Crippen molar-refractivity contribution in [2.75, 3.05) is 6.54 Å². The zero-order valence-electron chi connectivity index (χ0n) is 9.29. The summed E-state index contributed by atoms with van der Waals surface area (Å²) in [6, 6.07) is 5.41. The predicted octanol–water partition coefficient (Wildman–Crippen LogP) is 3.20. The first kappa shape index (κ1) is 13.8. The Morgan fingerprint density at radius 3 is 2.62 bits per heavy atom. The van der Waals surface area contributed by atoms with Crippen molar-refractivity contribution in [1.29, 1.82) is 0 Å². The van der Waals surface area contributed by atoms with E-state index >= 15 is 0 Å². The highest BCUT2D eigenvalue weighted by Crippen LogP contribution is 2.32. The minimum Gasteiger partial charge on any atom is -0.392 e. The molecule has 0 aliphatic carbocycles. The second-order valence-electron chi connectivity index (χ2n) is 3.90. The van der Waals surface area contributed by atoms with Gasteiger partial charge in [0.25, 0.3) is 0 Å². The molecule has 0 fully saturated rings. The molecule has 2 unspecified atom stereocenters. The highest BCUT2D eigenvalue weighted by atomic mass is 35.5. The van der Waals surface area contributed by atoms with Gasteiger partial charge in [-0.15, -0.1) is 0 Å². The van der Waals surface area contributed by atoms with E-state index < -0.39 is 6.10 Å². The van der Waals surface area contributed by atoms with Crippen molar-refractivity contribution in [2.45, 2.75) is 31.8 Å². The fourth-order valence-electron chi connectivity index (χ4n) is 1.77. The molecule has 0 bridgehead atoms. The molecule has 0 radical (unpaired) electrons. The Labute approximate surface area is 106 Å². The molecule has 0 saturated heterocycles. The third-order valence-corrected chi connectivity index (χ3v) is 3.30. The summed E-state index contributed by atoms with van der Waals surface area (Å²) < 4.78 is 0. The summed E-state index contributed by atoms with van der Waals surface area (Å²) in [4.78, 5) is 0. The average molecular weight is 262 g/mol. The molecule has 1 rings (SSSR count). The van der Waals surface area contributed by atoms with Crippen molar-refractivity contribution in [3.63, 3.8) is 0 Å². The minimum absolute atomic E-state index is 0.199. The number of nitrogens with two attached hydrogens (primary N) is 1. The Balaban J connectivity index is 2.89. The van der Waals surface area contributed by atoms with Crippen molar-refractivity contribution in [2.24, 2.45) is 5.73 Å². The van der Waals surface area contributed by atoms with Gasteiger partial charge in [0.05, 0.1) is 6.10 Å². The summed E-state index contributed by atoms with van der Waals surface area (Å²) in [5.74, 6) is 0.199. The van der Waals surface area contributed by atoms with Crippen LogP contribution in [-0.4, -0.2) is 17.8 Å². The van der Waals surface area contributed by atoms with Gasteiger partial charge in [-0.25, -0.2) is 0 Å². The Bertz CT molecular complexity index is 344. The minimum atomic E-state index is -0.486. The van der Waals surface area contributed by atoms with E-state index in [-0.39, 0.29) is 12.5 Å². The van der Waals surface area contributed by atoms with E-state index in [0.29, 0.717) is 16.5 Å². The first-order valence-electron chi connectivity index (χ1n) is 5.41. The first-order chi connectivity index (χ1) is 7.58. The summed E-state index contributed by atoms with van der Waals surface area (Å²) in [6.45, 7) is 2.33. The number of hydrogen-bond donors (Lipinski definition) is 2. The van der Waals surface area contributed by atoms with Crippen LogP contribution in [0.1, 0.15) is 31.2 Å². The van der Waals surface area contributed by atoms with Crippen LogP contribution in [0, 0.1) is 0 Å². The Morgan fingerprint density at radius 1 is 1.38 bits per heavy atom. The van der Waals surface area contributed by atoms with Crippen LogP contribution in [0.3, 0.4) is 0 Å². The SMILES string of the molecule is CCC(CC(O)CN)c1cc(Cl)ccc1Cl. The molecule has 16 heavy (non-hydrogen) atoms. The van der Waals surface area contributed by atoms with Gasteiger partial charge in [-0.05, 0) is 42.5 Å². The fraction of sp³-hybridized carbons (Fsp3) is 0.500. The van der Waals surface area contributed by atoms with Gasteiger partial charge in [0.2, 0.25) is 0 Å². The van der Waals surface area contributed by atoms with Crippen LogP contribution in [0.5, 0.6) is 0 Å². The average Bonchev–Trinajstić information content (AvgIpc) is 2.29. The van der Waals surface area contributed by atoms with Crippen LogP contribution in [0.4, 0.5) is 0 Å². The molecule has 2 atom stereocenters. The molecule has 0 aliphatic rings. The van der Waals surface area contributed by atoms with E-state index in [1.54, 1.807) is 12.1 Å². The van der Waals surface area contributed by atoms with Crippen molar-refractivity contribution in [1.82, 2.24) is 0 Å². The molecule has 0 spiro atoms. The summed E-state index contributed by atoms with van der Waals surface area (Å²) >= 11 is 12.1. The number of rotatable bonds is 5. The molecule has 2 nitrogen and oxygen atoms in total. The summed E-state index contributed by atoms with van der Waals surface area (Å²) in [6.07, 6.45) is 1.03. The second kappa shape index (κ2) is 6.45. The molecular formula is C12H17Cl2NO. The molecule has 90 valence electrons. The van der Waals surface area contributed by atoms with Crippen molar-refractivity contribution in [3.05, 3.63) is 33.8 Å². The van der Waals surface area contributed by atoms with Crippen LogP contribution < -0.4 is 5.73 Å². The molecule has 3 N–H and O–H groups in total. The van der Waals surface area contributed by atoms with Crippen molar-refractivity contribution >= 4 is 23.2 Å². The molecule has 0 heterocycles. The highest BCUT2D eigenvalue weighted by molar-refractivity contribution is 6.33. The number of benzene rings is 1. The fourth-order valence-corrected chi connectivity index (χ4v) is 2.22. The molecule has 0 amide bonds. The van der Waals surface area contributed by atoms with Gasteiger partial charge in [0.15, 0.2) is 0 Å². The monoisotopic (exact) mass is 261 g/mol. The predicted molar refractivity (Wildman–Crippen MR) is 69.2 cm³/mol. The van der Waals surface area contributed by atoms with Crippen LogP contribution >= 0.6 is 23.2 Å². The molecule has 0 aromatic heterocycles. The van der Waals surface area contributed by atoms with E-state index in [9.17, 15) is 5.11 Å². The van der Waals surface area contributed by atoms with E-state index in [1.165, 1.54) is 0 Å². The molecule has 0 aliphatic heterocycles. The van der Waals surface area contributed by atoms with E-state index in [0.717, 1.165) is 12.0 Å². The zero-order valence-corrected chi connectivity index (χ0v) is 10.8. The molecule has 1 aromatic carbocycles. The lowest BCUT2D eigenvalue weighted by Gasteiger charge is -2.19. The number of hydrogen-bond acceptors (Lipinski definition) is 2. The lowest BCUT2D eigenvalue weighted by atomic mass is 9.91. The van der Waals surface area contributed by atoms with Crippen LogP contribution in [-0.2, 0) is 0 Å². The van der Waals surface area contributed by atoms with Gasteiger partial charge in [0.1, 0.15) is 0 Å². The van der Waals surface area contributed by atoms with Crippen LogP contribution in [0.2, 0.25) is 10.0 Å². The van der Waals surface area contributed by atoms with E-state index in [1.807, 2.05) is 6.07 Å². The third kappa shape index (κ3) is 3.63. The maximum Gasteiger partial charge on any atom is 0.0668 e. The zero-order chi connectivity index (χ0) is 12.1. The van der Waals surface area contributed by atoms with Gasteiger partial charge in [0, 0.05) is 16.6 Å². The normalized spacial score (nSPS) is 14.8. The summed E-state index contributed by atoms with van der Waals surface area (Å²) in [5.41, 5.74) is 6.40. The van der Waals surface area contributed by atoms with Crippen molar-refractivity contribution in [3.8, 4) is 0 Å². The van der Waals surface area contributed by atoms with Gasteiger partial charge < -0.3 is 10.8 Å². The van der Waals surface area contributed by atoms with Gasteiger partial charge in [-0.1, -0.05) is 30.1 Å². The summed E-state index contributed by atoms with van der Waals surface area (Å²) in [7, 11) is 0. The molecule has 4 heteroatoms. The maximum absolute atomic E-state index is 9.58. The number of aliphatic hydroxyl groups excluding tert-OH is 1. The highest BCUT2D eigenvalue weighted by Gasteiger charge is 2.16. The van der Waals surface area contributed by atoms with E-state index in [4.69, 9.17) is 28.9 Å². The number of aliphatic hydroxyl groups is 1. The maximum atomic E-state index is 9.58. The first-order valence-corrected chi connectivity index (χ1v) is 6.17. The van der Waals surface area contributed by atoms with Gasteiger partial charge >= 0.3 is 0 Å². The Hall–Kier alpha value is -0.280. The van der Waals surface area contributed by atoms with Gasteiger partial charge in [-0.2, -0.15) is 0 Å². The second-order valence-corrected chi connectivity index (χ2v) is 4.74. The van der Waals surface area contributed by atoms with Crippen LogP contribution in [0.25, 0.3) is 0 Å².